The van der Waals surface area contributed by atoms with E-state index in [1.165, 1.54) is 24.1 Å². The van der Waals surface area contributed by atoms with Gasteiger partial charge in [0, 0.05) is 0 Å². The lowest BCUT2D eigenvalue weighted by atomic mass is 10.3. The molecule has 0 radical (unpaired) electrons. The molecule has 2 heterocycles. The first-order chi connectivity index (χ1) is 12.8. The van der Waals surface area contributed by atoms with Gasteiger partial charge in [-0.2, -0.15) is 4.68 Å². The van der Waals surface area contributed by atoms with Gasteiger partial charge in [-0.3, -0.25) is 0 Å². The van der Waals surface area contributed by atoms with Crippen molar-refractivity contribution in [3.63, 3.8) is 0 Å². The van der Waals surface area contributed by atoms with Crippen molar-refractivity contribution in [2.75, 3.05) is 19.5 Å². The quantitative estimate of drug-likeness (QED) is 0.370. The molecule has 0 N–H and O–H groups in total. The molecule has 0 aliphatic rings. The molecule has 0 saturated heterocycles. The zero-order valence-corrected chi connectivity index (χ0v) is 14.6. The number of thioether (sulfide) groups is 1. The summed E-state index contributed by atoms with van der Waals surface area (Å²) in [6.45, 7) is -0.0104. The number of ether oxygens (including phenoxy) is 2. The fourth-order valence-electron chi connectivity index (χ4n) is 1.92. The molecule has 0 atom stereocenters. The minimum Gasteiger partial charge on any atom is -0.497 e. The van der Waals surface area contributed by atoms with E-state index in [-0.39, 0.29) is 12.4 Å². The highest BCUT2D eigenvalue weighted by Crippen LogP contribution is 2.19. The highest BCUT2D eigenvalue weighted by molar-refractivity contribution is 7.99. The third-order valence-corrected chi connectivity index (χ3v) is 3.96. The van der Waals surface area contributed by atoms with Crippen molar-refractivity contribution in [1.29, 1.82) is 0 Å². The Balaban J connectivity index is 1.50. The van der Waals surface area contributed by atoms with Gasteiger partial charge >= 0.3 is 5.97 Å². The average Bonchev–Trinajstić information content (AvgIpc) is 3.36. The highest BCUT2D eigenvalue weighted by atomic mass is 32.2. The molecule has 0 fully saturated rings. The second-order valence-corrected chi connectivity index (χ2v) is 5.71. The molecule has 3 aromatic rings. The van der Waals surface area contributed by atoms with Gasteiger partial charge in [-0.15, -0.1) is 5.10 Å². The molecule has 0 amide bonds. The van der Waals surface area contributed by atoms with E-state index in [4.69, 9.17) is 13.9 Å². The largest absolute Gasteiger partial charge is 0.497 e. The zero-order chi connectivity index (χ0) is 18.2. The molecule has 1 aromatic carbocycles. The predicted molar refractivity (Wildman–Crippen MR) is 93.2 cm³/mol. The number of hydrogen-bond acceptors (Lipinski definition) is 8. The standard InChI is InChI=1S/C17H14N4O4S/c1-23-14-8-6-13(7-9-14)21-17(18-19-20-21)26-12-3-2-10-25-16(22)15-5-4-11-24-15/h4-9,11H,10,12H2,1H3. The van der Waals surface area contributed by atoms with Crippen LogP contribution in [0.2, 0.25) is 0 Å². The number of methoxy groups -OCH3 is 1. The first-order valence-corrected chi connectivity index (χ1v) is 8.48. The van der Waals surface area contributed by atoms with Crippen LogP contribution in [-0.2, 0) is 4.74 Å². The minimum atomic E-state index is -0.541. The maximum atomic E-state index is 11.5. The molecule has 3 rings (SSSR count). The van der Waals surface area contributed by atoms with Gasteiger partial charge < -0.3 is 13.9 Å². The van der Waals surface area contributed by atoms with Crippen molar-refractivity contribution < 1.29 is 18.7 Å². The van der Waals surface area contributed by atoms with Crippen LogP contribution in [0.1, 0.15) is 10.6 Å². The third-order valence-electron chi connectivity index (χ3n) is 3.15. The molecule has 26 heavy (non-hydrogen) atoms. The first kappa shape index (κ1) is 17.6. The molecule has 0 saturated carbocycles. The van der Waals surface area contributed by atoms with Crippen LogP contribution >= 0.6 is 11.8 Å². The van der Waals surface area contributed by atoms with Crippen molar-refractivity contribution >= 4 is 17.7 Å². The smallest absolute Gasteiger partial charge is 0.375 e. The van der Waals surface area contributed by atoms with Gasteiger partial charge in [-0.05, 0) is 46.8 Å². The maximum Gasteiger partial charge on any atom is 0.375 e. The maximum absolute atomic E-state index is 11.5. The molecule has 9 heteroatoms. The van der Waals surface area contributed by atoms with Gasteiger partial charge in [0.2, 0.25) is 10.9 Å². The van der Waals surface area contributed by atoms with Crippen molar-refractivity contribution in [3.8, 4) is 23.3 Å². The van der Waals surface area contributed by atoms with Crippen LogP contribution < -0.4 is 4.74 Å². The summed E-state index contributed by atoms with van der Waals surface area (Å²) in [5.41, 5.74) is 0.818. The SMILES string of the molecule is COc1ccc(-n2nnnc2SCC#CCOC(=O)c2ccco2)cc1. The number of benzene rings is 1. The fraction of sp³-hybridized carbons (Fsp3) is 0.176. The second kappa shape index (κ2) is 8.73. The average molecular weight is 370 g/mol. The van der Waals surface area contributed by atoms with Crippen LogP contribution in [-0.4, -0.2) is 45.6 Å². The van der Waals surface area contributed by atoms with E-state index in [9.17, 15) is 4.79 Å². The number of carbonyl (C=O) groups excluding carboxylic acids is 1. The van der Waals surface area contributed by atoms with E-state index in [0.29, 0.717) is 10.9 Å². The molecule has 0 aliphatic carbocycles. The molecular weight excluding hydrogens is 356 g/mol. The van der Waals surface area contributed by atoms with E-state index < -0.39 is 5.97 Å². The normalized spacial score (nSPS) is 10.0. The summed E-state index contributed by atoms with van der Waals surface area (Å²) in [5.74, 6) is 6.48. The third kappa shape index (κ3) is 4.43. The number of hydrogen-bond donors (Lipinski definition) is 0. The number of esters is 1. The van der Waals surface area contributed by atoms with E-state index in [1.807, 2.05) is 24.3 Å². The van der Waals surface area contributed by atoms with Crippen LogP contribution in [0.15, 0.2) is 52.2 Å². The number of tetrazole rings is 1. The Morgan fingerprint density at radius 1 is 1.27 bits per heavy atom. The van der Waals surface area contributed by atoms with Crippen LogP contribution in [0.5, 0.6) is 5.75 Å². The molecule has 0 unspecified atom stereocenters. The van der Waals surface area contributed by atoms with Crippen molar-refractivity contribution in [3.05, 3.63) is 48.4 Å². The van der Waals surface area contributed by atoms with E-state index in [1.54, 1.807) is 17.9 Å². The topological polar surface area (TPSA) is 92.3 Å². The van der Waals surface area contributed by atoms with E-state index in [0.717, 1.165) is 11.4 Å². The number of nitrogens with zero attached hydrogens (tertiary/aromatic N) is 4. The molecule has 0 spiro atoms. The summed E-state index contributed by atoms with van der Waals surface area (Å²) in [7, 11) is 1.61. The second-order valence-electron chi connectivity index (χ2n) is 4.77. The van der Waals surface area contributed by atoms with Crippen LogP contribution in [0, 0.1) is 11.8 Å². The number of furan rings is 1. The number of carbonyl (C=O) groups is 1. The van der Waals surface area contributed by atoms with Gasteiger partial charge in [0.15, 0.2) is 6.61 Å². The Morgan fingerprint density at radius 3 is 2.85 bits per heavy atom. The molecule has 2 aromatic heterocycles. The lowest BCUT2D eigenvalue weighted by Crippen LogP contribution is -2.03. The Kier molecular flexibility index (Phi) is 5.90. The lowest BCUT2D eigenvalue weighted by Gasteiger charge is -2.04. The van der Waals surface area contributed by atoms with Gasteiger partial charge in [0.1, 0.15) is 5.75 Å². The van der Waals surface area contributed by atoms with Gasteiger partial charge in [-0.25, -0.2) is 4.79 Å². The predicted octanol–water partition coefficient (Wildman–Crippen LogP) is 2.22. The molecule has 0 aliphatic heterocycles. The summed E-state index contributed by atoms with van der Waals surface area (Å²) in [5, 5.41) is 12.3. The van der Waals surface area contributed by atoms with Crippen LogP contribution in [0.3, 0.4) is 0 Å². The Morgan fingerprint density at radius 2 is 2.12 bits per heavy atom. The van der Waals surface area contributed by atoms with Crippen molar-refractivity contribution in [1.82, 2.24) is 20.2 Å². The number of aromatic nitrogens is 4. The van der Waals surface area contributed by atoms with E-state index >= 15 is 0 Å². The van der Waals surface area contributed by atoms with Gasteiger partial charge in [0.25, 0.3) is 0 Å². The summed E-state index contributed by atoms with van der Waals surface area (Å²) in [4.78, 5) is 11.5. The van der Waals surface area contributed by atoms with Gasteiger partial charge in [0.05, 0.1) is 24.8 Å². The van der Waals surface area contributed by atoms with Crippen molar-refractivity contribution in [2.45, 2.75) is 5.16 Å². The number of rotatable bonds is 6. The zero-order valence-electron chi connectivity index (χ0n) is 13.8. The lowest BCUT2D eigenvalue weighted by molar-refractivity contribution is 0.0520. The molecule has 0 bridgehead atoms. The fourth-order valence-corrected chi connectivity index (χ4v) is 2.59. The monoisotopic (exact) mass is 370 g/mol. The minimum absolute atomic E-state index is 0.0104. The van der Waals surface area contributed by atoms with Crippen LogP contribution in [0.4, 0.5) is 0 Å². The Bertz CT molecular complexity index is 910. The summed E-state index contributed by atoms with van der Waals surface area (Å²) >= 11 is 1.38. The van der Waals surface area contributed by atoms with E-state index in [2.05, 4.69) is 27.4 Å². The summed E-state index contributed by atoms with van der Waals surface area (Å²) < 4.78 is 16.6. The van der Waals surface area contributed by atoms with Crippen LogP contribution in [0.25, 0.3) is 5.69 Å². The Labute approximate surface area is 153 Å². The van der Waals surface area contributed by atoms with Gasteiger partial charge in [-0.1, -0.05) is 23.6 Å². The van der Waals surface area contributed by atoms with Crippen molar-refractivity contribution in [2.24, 2.45) is 0 Å². The highest BCUT2D eigenvalue weighted by Gasteiger charge is 2.09. The first-order valence-electron chi connectivity index (χ1n) is 7.50. The summed E-state index contributed by atoms with van der Waals surface area (Å²) in [6.07, 6.45) is 1.41. The molecule has 8 nitrogen and oxygen atoms in total. The molecule has 132 valence electrons. The Hall–Kier alpha value is -3.25. The molecular formula is C17H14N4O4S. The summed E-state index contributed by atoms with van der Waals surface area (Å²) in [6, 6.07) is 10.5.